The number of ether oxygens (including phenoxy) is 1. The number of likely N-dealkylation sites (tertiary alicyclic amines) is 1. The molecule has 1 spiro atoms. The van der Waals surface area contributed by atoms with Crippen LogP contribution < -0.4 is 10.5 Å². The summed E-state index contributed by atoms with van der Waals surface area (Å²) in [5, 5.41) is 24.9. The third-order valence-electron chi connectivity index (χ3n) is 9.74. The van der Waals surface area contributed by atoms with Crippen molar-refractivity contribution < 1.29 is 14.9 Å². The fourth-order valence-electron chi connectivity index (χ4n) is 7.98. The number of rotatable bonds is 4. The molecule has 8 rings (SSSR count). The van der Waals surface area contributed by atoms with Crippen LogP contribution in [0.5, 0.6) is 11.5 Å². The Balaban J connectivity index is 1.34. The van der Waals surface area contributed by atoms with Gasteiger partial charge in [0, 0.05) is 35.5 Å². The molecule has 36 heavy (non-hydrogen) atoms. The number of hydrogen-bond acceptors (Lipinski definition) is 5. The molecule has 0 radical (unpaired) electrons. The van der Waals surface area contributed by atoms with Crippen molar-refractivity contribution in [2.24, 2.45) is 16.6 Å². The Bertz CT molecular complexity index is 1470. The van der Waals surface area contributed by atoms with Gasteiger partial charge in [0.15, 0.2) is 17.6 Å². The molecule has 3 aromatic rings. The molecular weight excluding hydrogens is 452 g/mol. The summed E-state index contributed by atoms with van der Waals surface area (Å²) in [6, 6.07) is 10.2. The number of aromatic nitrogens is 1. The fraction of sp³-hybridized carbons (Fsp3) is 0.483. The van der Waals surface area contributed by atoms with E-state index in [2.05, 4.69) is 39.1 Å². The standard InChI is InChI=1S/C29H32N4O3/c1-15(30)31-13-17-4-6-21-19(10-17)20-12-29(35)23-11-18-5-7-22(34)26-24(18)28(29,27(36-26)25(20)32-21)8-9-33(23)14-16-2-3-16/h4-7,10,16,23,27,32,34-35H,2-3,8-9,11-14H2,1H3,(H2,30,31)/t23-,27+,28+,29-/m1/s1. The van der Waals surface area contributed by atoms with Crippen molar-refractivity contribution in [1.82, 2.24) is 9.88 Å². The molecule has 5 N–H and O–H groups in total. The van der Waals surface area contributed by atoms with E-state index in [1.54, 1.807) is 13.0 Å². The normalized spacial score (nSPS) is 32.3. The summed E-state index contributed by atoms with van der Waals surface area (Å²) in [6.07, 6.45) is 4.44. The average Bonchev–Trinajstić information content (AvgIpc) is 3.49. The summed E-state index contributed by atoms with van der Waals surface area (Å²) in [5.74, 6) is 2.08. The molecule has 4 atom stereocenters. The van der Waals surface area contributed by atoms with E-state index >= 15 is 0 Å². The lowest BCUT2D eigenvalue weighted by molar-refractivity contribution is -0.173. The van der Waals surface area contributed by atoms with Gasteiger partial charge in [-0.2, -0.15) is 0 Å². The van der Waals surface area contributed by atoms with Gasteiger partial charge in [0.1, 0.15) is 0 Å². The molecule has 1 saturated heterocycles. The minimum absolute atomic E-state index is 0.0340. The number of nitrogens with zero attached hydrogens (tertiary/aromatic N) is 2. The van der Waals surface area contributed by atoms with Crippen LogP contribution in [-0.4, -0.2) is 50.7 Å². The maximum absolute atomic E-state index is 12.9. The molecule has 3 heterocycles. The van der Waals surface area contributed by atoms with Gasteiger partial charge in [0.25, 0.3) is 0 Å². The van der Waals surface area contributed by atoms with Gasteiger partial charge < -0.3 is 25.7 Å². The largest absolute Gasteiger partial charge is 0.504 e. The van der Waals surface area contributed by atoms with Crippen LogP contribution in [0.15, 0.2) is 35.3 Å². The molecule has 2 fully saturated rings. The number of fused-ring (bicyclic) bond motifs is 4. The zero-order chi connectivity index (χ0) is 24.4. The Morgan fingerprint density at radius 3 is 2.94 bits per heavy atom. The zero-order valence-corrected chi connectivity index (χ0v) is 20.6. The van der Waals surface area contributed by atoms with Crippen LogP contribution in [0, 0.1) is 5.92 Å². The number of aliphatic hydroxyl groups is 1. The van der Waals surface area contributed by atoms with E-state index in [-0.39, 0.29) is 17.9 Å². The van der Waals surface area contributed by atoms with Gasteiger partial charge in [-0.25, -0.2) is 0 Å². The van der Waals surface area contributed by atoms with Crippen molar-refractivity contribution in [3.05, 3.63) is 58.3 Å². The van der Waals surface area contributed by atoms with Crippen LogP contribution in [0.1, 0.15) is 60.2 Å². The Labute approximate surface area is 210 Å². The van der Waals surface area contributed by atoms with E-state index < -0.39 is 11.0 Å². The highest BCUT2D eigenvalue weighted by molar-refractivity contribution is 5.87. The quantitative estimate of drug-likeness (QED) is 0.335. The molecule has 2 bridgehead atoms. The Morgan fingerprint density at radius 1 is 1.28 bits per heavy atom. The van der Waals surface area contributed by atoms with Crippen molar-refractivity contribution in [2.45, 2.75) is 68.7 Å². The maximum atomic E-state index is 12.9. The number of phenols is 1. The summed E-state index contributed by atoms with van der Waals surface area (Å²) < 4.78 is 6.67. The van der Waals surface area contributed by atoms with Crippen molar-refractivity contribution in [3.8, 4) is 11.5 Å². The fourth-order valence-corrected chi connectivity index (χ4v) is 7.98. The molecule has 2 aromatic carbocycles. The summed E-state index contributed by atoms with van der Waals surface area (Å²) >= 11 is 0. The van der Waals surface area contributed by atoms with Gasteiger partial charge in [0.05, 0.1) is 29.1 Å². The van der Waals surface area contributed by atoms with Gasteiger partial charge >= 0.3 is 0 Å². The van der Waals surface area contributed by atoms with Gasteiger partial charge in [-0.3, -0.25) is 9.89 Å². The van der Waals surface area contributed by atoms with Gasteiger partial charge in [-0.1, -0.05) is 12.1 Å². The van der Waals surface area contributed by atoms with Crippen LogP contribution in [0.25, 0.3) is 10.9 Å². The first-order valence-electron chi connectivity index (χ1n) is 13.3. The number of aromatic amines is 1. The van der Waals surface area contributed by atoms with Crippen LogP contribution in [0.3, 0.4) is 0 Å². The minimum Gasteiger partial charge on any atom is -0.504 e. The number of amidine groups is 1. The predicted molar refractivity (Wildman–Crippen MR) is 138 cm³/mol. The maximum Gasteiger partial charge on any atom is 0.166 e. The number of piperidine rings is 1. The Morgan fingerprint density at radius 2 is 2.14 bits per heavy atom. The SMILES string of the molecule is CC(N)=NCc1ccc2[nH]c3c(c2c1)C[C@@]1(O)[C@H]2Cc4ccc(O)c5c4[C@@]1(CCN2CC1CC1)[C@H]3O5. The smallest absolute Gasteiger partial charge is 0.166 e. The average molecular weight is 485 g/mol. The number of aromatic hydroxyl groups is 1. The number of nitrogens with two attached hydrogens (primary N) is 1. The summed E-state index contributed by atoms with van der Waals surface area (Å²) in [4.78, 5) is 10.6. The van der Waals surface area contributed by atoms with Crippen molar-refractivity contribution >= 4 is 16.7 Å². The first-order chi connectivity index (χ1) is 17.4. The summed E-state index contributed by atoms with van der Waals surface area (Å²) in [6.45, 7) is 4.36. The third kappa shape index (κ3) is 2.52. The lowest BCUT2D eigenvalue weighted by Crippen LogP contribution is -2.74. The highest BCUT2D eigenvalue weighted by Crippen LogP contribution is 2.69. The number of benzene rings is 2. The predicted octanol–water partition coefficient (Wildman–Crippen LogP) is 3.45. The molecule has 186 valence electrons. The second-order valence-electron chi connectivity index (χ2n) is 11.8. The summed E-state index contributed by atoms with van der Waals surface area (Å²) in [7, 11) is 0. The van der Waals surface area contributed by atoms with Gasteiger partial charge in [-0.15, -0.1) is 0 Å². The molecular formula is C29H32N4O3. The first-order valence-corrected chi connectivity index (χ1v) is 13.3. The van der Waals surface area contributed by atoms with Gasteiger partial charge in [0.2, 0.25) is 0 Å². The first kappa shape index (κ1) is 21.1. The number of hydrogen-bond donors (Lipinski definition) is 4. The van der Waals surface area contributed by atoms with Gasteiger partial charge in [-0.05, 0) is 80.0 Å². The van der Waals surface area contributed by atoms with E-state index in [9.17, 15) is 10.2 Å². The highest BCUT2D eigenvalue weighted by atomic mass is 16.5. The second-order valence-corrected chi connectivity index (χ2v) is 11.8. The second kappa shape index (κ2) is 6.84. The Kier molecular flexibility index (Phi) is 4.01. The molecule has 2 aliphatic heterocycles. The van der Waals surface area contributed by atoms with E-state index in [1.165, 1.54) is 18.4 Å². The van der Waals surface area contributed by atoms with E-state index in [0.29, 0.717) is 24.6 Å². The molecule has 3 aliphatic carbocycles. The number of H-pyrrole nitrogens is 1. The molecule has 0 amide bonds. The number of phenolic OH excluding ortho intramolecular Hbond substituents is 1. The number of nitrogens with one attached hydrogen (secondary N) is 1. The molecule has 7 heteroatoms. The van der Waals surface area contributed by atoms with Crippen LogP contribution >= 0.6 is 0 Å². The van der Waals surface area contributed by atoms with Crippen molar-refractivity contribution in [1.29, 1.82) is 0 Å². The molecule has 0 unspecified atom stereocenters. The third-order valence-corrected chi connectivity index (χ3v) is 9.74. The zero-order valence-electron chi connectivity index (χ0n) is 20.6. The van der Waals surface area contributed by atoms with Crippen LogP contribution in [-0.2, 0) is 24.8 Å². The molecule has 1 saturated carbocycles. The van der Waals surface area contributed by atoms with E-state index in [4.69, 9.17) is 10.5 Å². The molecule has 1 aromatic heterocycles. The van der Waals surface area contributed by atoms with Crippen molar-refractivity contribution in [2.75, 3.05) is 13.1 Å². The summed E-state index contributed by atoms with van der Waals surface area (Å²) in [5.41, 5.74) is 10.8. The van der Waals surface area contributed by atoms with Crippen LogP contribution in [0.4, 0.5) is 0 Å². The van der Waals surface area contributed by atoms with Crippen LogP contribution in [0.2, 0.25) is 0 Å². The van der Waals surface area contributed by atoms with Crippen molar-refractivity contribution in [3.63, 3.8) is 0 Å². The molecule has 7 nitrogen and oxygen atoms in total. The number of aliphatic imine (C=N–C) groups is 1. The monoisotopic (exact) mass is 484 g/mol. The molecule has 5 aliphatic rings. The highest BCUT2D eigenvalue weighted by Gasteiger charge is 2.72. The Hall–Kier alpha value is -3.03. The van der Waals surface area contributed by atoms with E-state index in [1.807, 2.05) is 0 Å². The lowest BCUT2D eigenvalue weighted by atomic mass is 9.49. The lowest BCUT2D eigenvalue weighted by Gasteiger charge is -2.62. The van der Waals surface area contributed by atoms with E-state index in [0.717, 1.165) is 65.1 Å². The minimum atomic E-state index is -0.971. The topological polar surface area (TPSA) is 107 Å².